The predicted molar refractivity (Wildman–Crippen MR) is 83.8 cm³/mol. The van der Waals surface area contributed by atoms with Crippen LogP contribution in [0.25, 0.3) is 0 Å². The summed E-state index contributed by atoms with van der Waals surface area (Å²) in [7, 11) is 0. The highest BCUT2D eigenvalue weighted by molar-refractivity contribution is 7.16. The maximum absolute atomic E-state index is 9.39. The van der Waals surface area contributed by atoms with Gasteiger partial charge in [0.05, 0.1) is 12.2 Å². The van der Waals surface area contributed by atoms with Gasteiger partial charge < -0.3 is 4.74 Å². The summed E-state index contributed by atoms with van der Waals surface area (Å²) in [5.74, 6) is 0.684. The van der Waals surface area contributed by atoms with Gasteiger partial charge in [-0.05, 0) is 43.1 Å². The van der Waals surface area contributed by atoms with Gasteiger partial charge in [0.15, 0.2) is 6.40 Å². The standard InChI is InChI=1S/C16H22N2OS/c1-5-19-10-18-15-13(9-17)12-7-6-11(16(2,3)4)8-14(12)20-15/h10-11H,5-8H2,1-4H3/t11-/m1/s1. The van der Waals surface area contributed by atoms with Crippen LogP contribution in [0.15, 0.2) is 4.99 Å². The summed E-state index contributed by atoms with van der Waals surface area (Å²) in [4.78, 5) is 5.65. The molecule has 0 fully saturated rings. The highest BCUT2D eigenvalue weighted by atomic mass is 32.1. The average molecular weight is 290 g/mol. The van der Waals surface area contributed by atoms with Crippen LogP contribution in [-0.2, 0) is 17.6 Å². The number of thiophene rings is 1. The van der Waals surface area contributed by atoms with Crippen LogP contribution < -0.4 is 0 Å². The number of hydrogen-bond acceptors (Lipinski definition) is 4. The summed E-state index contributed by atoms with van der Waals surface area (Å²) in [6.45, 7) is 9.42. The molecule has 0 aromatic carbocycles. The minimum atomic E-state index is 0.323. The van der Waals surface area contributed by atoms with Gasteiger partial charge in [-0.3, -0.25) is 0 Å². The molecular weight excluding hydrogens is 268 g/mol. The minimum Gasteiger partial charge on any atom is -0.483 e. The molecule has 1 aromatic rings. The Kier molecular flexibility index (Phi) is 4.49. The van der Waals surface area contributed by atoms with Crippen LogP contribution in [0.4, 0.5) is 5.00 Å². The first-order chi connectivity index (χ1) is 9.47. The molecule has 108 valence electrons. The summed E-state index contributed by atoms with van der Waals surface area (Å²) in [6.07, 6.45) is 4.69. The number of ether oxygens (including phenoxy) is 1. The number of nitriles is 1. The van der Waals surface area contributed by atoms with E-state index in [-0.39, 0.29) is 0 Å². The van der Waals surface area contributed by atoms with Crippen molar-refractivity contribution in [2.24, 2.45) is 16.3 Å². The zero-order chi connectivity index (χ0) is 14.8. The van der Waals surface area contributed by atoms with Crippen molar-refractivity contribution in [2.45, 2.75) is 47.0 Å². The van der Waals surface area contributed by atoms with Crippen molar-refractivity contribution < 1.29 is 4.74 Å². The number of rotatable bonds is 3. The Morgan fingerprint density at radius 3 is 2.85 bits per heavy atom. The zero-order valence-corrected chi connectivity index (χ0v) is 13.5. The molecule has 0 radical (unpaired) electrons. The van der Waals surface area contributed by atoms with Crippen LogP contribution in [-0.4, -0.2) is 13.0 Å². The van der Waals surface area contributed by atoms with E-state index < -0.39 is 0 Å². The molecule has 0 spiro atoms. The Morgan fingerprint density at radius 2 is 2.25 bits per heavy atom. The lowest BCUT2D eigenvalue weighted by atomic mass is 9.72. The normalized spacial score (nSPS) is 18.9. The molecule has 1 atom stereocenters. The molecular formula is C16H22N2OS. The summed E-state index contributed by atoms with van der Waals surface area (Å²) in [5.41, 5.74) is 2.30. The van der Waals surface area contributed by atoms with E-state index in [4.69, 9.17) is 4.74 Å². The Morgan fingerprint density at radius 1 is 1.50 bits per heavy atom. The van der Waals surface area contributed by atoms with Crippen LogP contribution in [0.2, 0.25) is 0 Å². The minimum absolute atomic E-state index is 0.323. The van der Waals surface area contributed by atoms with Crippen molar-refractivity contribution in [1.82, 2.24) is 0 Å². The number of nitrogens with zero attached hydrogens (tertiary/aromatic N) is 2. The van der Waals surface area contributed by atoms with Crippen LogP contribution >= 0.6 is 11.3 Å². The molecule has 1 heterocycles. The van der Waals surface area contributed by atoms with Gasteiger partial charge >= 0.3 is 0 Å². The molecule has 1 aromatic heterocycles. The van der Waals surface area contributed by atoms with Gasteiger partial charge in [0.1, 0.15) is 11.1 Å². The third-order valence-corrected chi connectivity index (χ3v) is 5.16. The molecule has 0 saturated carbocycles. The fourth-order valence-electron chi connectivity index (χ4n) is 2.68. The van der Waals surface area contributed by atoms with Crippen LogP contribution in [0.1, 0.15) is 50.1 Å². The summed E-state index contributed by atoms with van der Waals surface area (Å²) >= 11 is 1.66. The lowest BCUT2D eigenvalue weighted by Gasteiger charge is -2.33. The second-order valence-electron chi connectivity index (χ2n) is 6.29. The summed E-state index contributed by atoms with van der Waals surface area (Å²) in [6, 6.07) is 2.33. The maximum Gasteiger partial charge on any atom is 0.175 e. The van der Waals surface area contributed by atoms with E-state index in [1.807, 2.05) is 6.92 Å². The molecule has 0 unspecified atom stereocenters. The Balaban J connectivity index is 2.29. The SMILES string of the molecule is CCOC=Nc1sc2c(c1C#N)CC[C@@H](C(C)(C)C)C2. The maximum atomic E-state index is 9.39. The molecule has 0 amide bonds. The highest BCUT2D eigenvalue weighted by Crippen LogP contribution is 2.44. The molecule has 3 nitrogen and oxygen atoms in total. The molecule has 0 N–H and O–H groups in total. The Labute approximate surface area is 125 Å². The number of hydrogen-bond donors (Lipinski definition) is 0. The van der Waals surface area contributed by atoms with Gasteiger partial charge in [-0.25, -0.2) is 4.99 Å². The second kappa shape index (κ2) is 5.97. The van der Waals surface area contributed by atoms with Crippen LogP contribution in [0.3, 0.4) is 0 Å². The van der Waals surface area contributed by atoms with Crippen molar-refractivity contribution in [3.63, 3.8) is 0 Å². The van der Waals surface area contributed by atoms with Gasteiger partial charge in [-0.2, -0.15) is 5.26 Å². The van der Waals surface area contributed by atoms with E-state index in [2.05, 4.69) is 31.8 Å². The van der Waals surface area contributed by atoms with Crippen molar-refractivity contribution in [2.75, 3.05) is 6.61 Å². The monoisotopic (exact) mass is 290 g/mol. The van der Waals surface area contributed by atoms with Crippen LogP contribution in [0.5, 0.6) is 0 Å². The number of aliphatic imine (C=N–C) groups is 1. The molecule has 1 aliphatic carbocycles. The van der Waals surface area contributed by atoms with E-state index in [0.717, 1.165) is 29.8 Å². The quantitative estimate of drug-likeness (QED) is 0.609. The van der Waals surface area contributed by atoms with Gasteiger partial charge in [-0.1, -0.05) is 20.8 Å². The van der Waals surface area contributed by atoms with Crippen LogP contribution in [0, 0.1) is 22.7 Å². The largest absolute Gasteiger partial charge is 0.483 e. The molecule has 0 aliphatic heterocycles. The second-order valence-corrected chi connectivity index (χ2v) is 7.37. The molecule has 0 saturated heterocycles. The van der Waals surface area contributed by atoms with E-state index in [1.54, 1.807) is 11.3 Å². The third-order valence-electron chi connectivity index (χ3n) is 3.99. The van der Waals surface area contributed by atoms with Gasteiger partial charge in [0, 0.05) is 4.88 Å². The molecule has 20 heavy (non-hydrogen) atoms. The van der Waals surface area contributed by atoms with Crippen molar-refractivity contribution >= 4 is 22.7 Å². The number of fused-ring (bicyclic) bond motifs is 1. The topological polar surface area (TPSA) is 45.4 Å². The van der Waals surface area contributed by atoms with Crippen molar-refractivity contribution in [1.29, 1.82) is 5.26 Å². The first-order valence-corrected chi connectivity index (χ1v) is 7.97. The van der Waals surface area contributed by atoms with E-state index in [9.17, 15) is 5.26 Å². The summed E-state index contributed by atoms with van der Waals surface area (Å²) in [5, 5.41) is 10.2. The smallest absolute Gasteiger partial charge is 0.175 e. The first-order valence-electron chi connectivity index (χ1n) is 7.16. The van der Waals surface area contributed by atoms with Crippen molar-refractivity contribution in [3.8, 4) is 6.07 Å². The molecule has 2 rings (SSSR count). The van der Waals surface area contributed by atoms with E-state index >= 15 is 0 Å². The molecule has 1 aliphatic rings. The lowest BCUT2D eigenvalue weighted by Crippen LogP contribution is -2.26. The highest BCUT2D eigenvalue weighted by Gasteiger charge is 2.32. The van der Waals surface area contributed by atoms with Gasteiger partial charge in [0.2, 0.25) is 0 Å². The summed E-state index contributed by atoms with van der Waals surface area (Å²) < 4.78 is 5.15. The molecule has 4 heteroatoms. The fourth-order valence-corrected chi connectivity index (χ4v) is 3.89. The van der Waals surface area contributed by atoms with Crippen molar-refractivity contribution in [3.05, 3.63) is 16.0 Å². The van der Waals surface area contributed by atoms with E-state index in [1.165, 1.54) is 16.8 Å². The van der Waals surface area contributed by atoms with Gasteiger partial charge in [-0.15, -0.1) is 11.3 Å². The van der Waals surface area contributed by atoms with Gasteiger partial charge in [0.25, 0.3) is 0 Å². The third kappa shape index (κ3) is 3.04. The Bertz CT molecular complexity index is 546. The van der Waals surface area contributed by atoms with E-state index in [0.29, 0.717) is 17.9 Å². The fraction of sp³-hybridized carbons (Fsp3) is 0.625. The first kappa shape index (κ1) is 15.1. The average Bonchev–Trinajstić information content (AvgIpc) is 2.74. The Hall–Kier alpha value is -1.34. The zero-order valence-electron chi connectivity index (χ0n) is 12.7. The molecule has 0 bridgehead atoms. The lowest BCUT2D eigenvalue weighted by molar-refractivity contribution is 0.218. The predicted octanol–water partition coefficient (Wildman–Crippen LogP) is 4.47.